The van der Waals surface area contributed by atoms with Crippen molar-refractivity contribution in [1.82, 2.24) is 9.78 Å². The third-order valence-electron chi connectivity index (χ3n) is 2.42. The first kappa shape index (κ1) is 11.3. The molecule has 0 saturated carbocycles. The van der Waals surface area contributed by atoms with Crippen LogP contribution in [0.15, 0.2) is 30.3 Å². The van der Waals surface area contributed by atoms with Gasteiger partial charge in [0.15, 0.2) is 5.69 Å². The summed E-state index contributed by atoms with van der Waals surface area (Å²) in [7, 11) is 2.92. The molecule has 2 rings (SSSR count). The molecular weight excluding hydrogens is 223 g/mol. The lowest BCUT2D eigenvalue weighted by Crippen LogP contribution is -2.03. The van der Waals surface area contributed by atoms with E-state index in [2.05, 4.69) is 9.84 Å². The molecule has 0 fully saturated rings. The number of hydrogen-bond donors (Lipinski definition) is 0. The first-order valence-corrected chi connectivity index (χ1v) is 5.00. The summed E-state index contributed by atoms with van der Waals surface area (Å²) < 4.78 is 19.6. The largest absolute Gasteiger partial charge is 0.464 e. The highest BCUT2D eigenvalue weighted by molar-refractivity contribution is 5.88. The second-order valence-electron chi connectivity index (χ2n) is 3.51. The topological polar surface area (TPSA) is 44.1 Å². The number of aryl methyl sites for hydroxylation is 1. The molecule has 17 heavy (non-hydrogen) atoms. The van der Waals surface area contributed by atoms with Crippen LogP contribution in [0.1, 0.15) is 10.5 Å². The fourth-order valence-corrected chi connectivity index (χ4v) is 1.59. The van der Waals surface area contributed by atoms with Crippen LogP contribution in [0.4, 0.5) is 4.39 Å². The molecule has 88 valence electrons. The Balaban J connectivity index is 2.50. The SMILES string of the molecule is COC(=O)c1cc(-c2ccccc2F)n(C)n1. The second kappa shape index (κ2) is 4.37. The Morgan fingerprint density at radius 1 is 1.41 bits per heavy atom. The van der Waals surface area contributed by atoms with Crippen LogP contribution in [0, 0.1) is 5.82 Å². The molecular formula is C12H11FN2O2. The van der Waals surface area contributed by atoms with Crippen molar-refractivity contribution >= 4 is 5.97 Å². The monoisotopic (exact) mass is 234 g/mol. The van der Waals surface area contributed by atoms with Gasteiger partial charge in [-0.15, -0.1) is 0 Å². The van der Waals surface area contributed by atoms with E-state index in [0.717, 1.165) is 0 Å². The standard InChI is InChI=1S/C12H11FN2O2/c1-15-11(7-10(14-15)12(16)17-2)8-5-3-4-6-9(8)13/h3-7H,1-2H3. The van der Waals surface area contributed by atoms with E-state index in [1.54, 1.807) is 25.2 Å². The van der Waals surface area contributed by atoms with Crippen LogP contribution in [-0.2, 0) is 11.8 Å². The van der Waals surface area contributed by atoms with Gasteiger partial charge in [0.2, 0.25) is 0 Å². The molecule has 0 unspecified atom stereocenters. The number of benzene rings is 1. The summed E-state index contributed by atoms with van der Waals surface area (Å²) in [5.74, 6) is -0.893. The lowest BCUT2D eigenvalue weighted by molar-refractivity contribution is 0.0593. The number of halogens is 1. The van der Waals surface area contributed by atoms with E-state index in [0.29, 0.717) is 11.3 Å². The van der Waals surface area contributed by atoms with Gasteiger partial charge in [-0.2, -0.15) is 5.10 Å². The molecule has 0 saturated heterocycles. The van der Waals surface area contributed by atoms with Crippen molar-refractivity contribution in [1.29, 1.82) is 0 Å². The van der Waals surface area contributed by atoms with E-state index < -0.39 is 5.97 Å². The molecule has 0 atom stereocenters. The quantitative estimate of drug-likeness (QED) is 0.746. The van der Waals surface area contributed by atoms with Crippen molar-refractivity contribution in [2.75, 3.05) is 7.11 Å². The molecule has 2 aromatic rings. The first-order chi connectivity index (χ1) is 8.13. The van der Waals surface area contributed by atoms with Crippen molar-refractivity contribution in [3.63, 3.8) is 0 Å². The highest BCUT2D eigenvalue weighted by Crippen LogP contribution is 2.22. The maximum absolute atomic E-state index is 13.6. The van der Waals surface area contributed by atoms with Crippen LogP contribution >= 0.6 is 0 Å². The van der Waals surface area contributed by atoms with Crippen LogP contribution in [0.2, 0.25) is 0 Å². The minimum atomic E-state index is -0.539. The van der Waals surface area contributed by atoms with Gasteiger partial charge in [-0.1, -0.05) is 12.1 Å². The number of carbonyl (C=O) groups is 1. The van der Waals surface area contributed by atoms with Crippen molar-refractivity contribution in [2.24, 2.45) is 7.05 Å². The molecule has 0 radical (unpaired) electrons. The van der Waals surface area contributed by atoms with Gasteiger partial charge < -0.3 is 4.74 Å². The van der Waals surface area contributed by atoms with E-state index in [1.807, 2.05) is 0 Å². The lowest BCUT2D eigenvalue weighted by Gasteiger charge is -2.02. The zero-order valence-corrected chi connectivity index (χ0v) is 9.48. The normalized spacial score (nSPS) is 10.3. The third kappa shape index (κ3) is 2.04. The predicted molar refractivity (Wildman–Crippen MR) is 59.9 cm³/mol. The summed E-state index contributed by atoms with van der Waals surface area (Å²) >= 11 is 0. The number of hydrogen-bond acceptors (Lipinski definition) is 3. The molecule has 0 aliphatic rings. The van der Waals surface area contributed by atoms with Gasteiger partial charge in [0.25, 0.3) is 0 Å². The minimum Gasteiger partial charge on any atom is -0.464 e. The molecule has 4 nitrogen and oxygen atoms in total. The Kier molecular flexibility index (Phi) is 2.91. The van der Waals surface area contributed by atoms with Gasteiger partial charge >= 0.3 is 5.97 Å². The van der Waals surface area contributed by atoms with Crippen molar-refractivity contribution in [3.8, 4) is 11.3 Å². The summed E-state index contributed by atoms with van der Waals surface area (Å²) in [5.41, 5.74) is 1.09. The number of methoxy groups -OCH3 is 1. The lowest BCUT2D eigenvalue weighted by atomic mass is 10.1. The number of esters is 1. The Hall–Kier alpha value is -2.17. The van der Waals surface area contributed by atoms with Crippen molar-refractivity contribution in [2.45, 2.75) is 0 Å². The van der Waals surface area contributed by atoms with Crippen LogP contribution in [0.5, 0.6) is 0 Å². The van der Waals surface area contributed by atoms with Gasteiger partial charge in [0.05, 0.1) is 12.8 Å². The van der Waals surface area contributed by atoms with Gasteiger partial charge in [-0.3, -0.25) is 4.68 Å². The summed E-state index contributed by atoms with van der Waals surface area (Å²) in [6.07, 6.45) is 0. The fourth-order valence-electron chi connectivity index (χ4n) is 1.59. The molecule has 0 N–H and O–H groups in total. The number of ether oxygens (including phenoxy) is 1. The van der Waals surface area contributed by atoms with Crippen LogP contribution in [0.3, 0.4) is 0 Å². The molecule has 0 spiro atoms. The number of nitrogens with zero attached hydrogens (tertiary/aromatic N) is 2. The number of rotatable bonds is 2. The Labute approximate surface area is 97.6 Å². The molecule has 0 bridgehead atoms. The maximum atomic E-state index is 13.6. The highest BCUT2D eigenvalue weighted by Gasteiger charge is 2.15. The summed E-state index contributed by atoms with van der Waals surface area (Å²) in [4.78, 5) is 11.3. The Bertz CT molecular complexity index is 563. The van der Waals surface area contributed by atoms with E-state index in [9.17, 15) is 9.18 Å². The Morgan fingerprint density at radius 2 is 2.12 bits per heavy atom. The molecule has 1 aromatic carbocycles. The first-order valence-electron chi connectivity index (χ1n) is 5.00. The zero-order chi connectivity index (χ0) is 12.4. The van der Waals surface area contributed by atoms with Crippen molar-refractivity contribution < 1.29 is 13.9 Å². The predicted octanol–water partition coefficient (Wildman–Crippen LogP) is 2.01. The van der Waals surface area contributed by atoms with Gasteiger partial charge in [-0.25, -0.2) is 9.18 Å². The van der Waals surface area contributed by atoms with Crippen molar-refractivity contribution in [3.05, 3.63) is 41.8 Å². The molecule has 1 heterocycles. The molecule has 0 amide bonds. The average Bonchev–Trinajstić information content (AvgIpc) is 2.71. The fraction of sp³-hybridized carbons (Fsp3) is 0.167. The summed E-state index contributed by atoms with van der Waals surface area (Å²) in [5, 5.41) is 3.97. The molecule has 0 aliphatic carbocycles. The second-order valence-corrected chi connectivity index (χ2v) is 3.51. The van der Waals surface area contributed by atoms with Gasteiger partial charge in [-0.05, 0) is 18.2 Å². The maximum Gasteiger partial charge on any atom is 0.358 e. The minimum absolute atomic E-state index is 0.160. The van der Waals surface area contributed by atoms with Crippen LogP contribution < -0.4 is 0 Å². The van der Waals surface area contributed by atoms with E-state index in [1.165, 1.54) is 23.9 Å². The summed E-state index contributed by atoms with van der Waals surface area (Å²) in [6.45, 7) is 0. The van der Waals surface area contributed by atoms with Gasteiger partial charge in [0, 0.05) is 12.6 Å². The zero-order valence-electron chi connectivity index (χ0n) is 9.48. The smallest absolute Gasteiger partial charge is 0.358 e. The highest BCUT2D eigenvalue weighted by atomic mass is 19.1. The van der Waals surface area contributed by atoms with Crippen LogP contribution in [0.25, 0.3) is 11.3 Å². The third-order valence-corrected chi connectivity index (χ3v) is 2.42. The van der Waals surface area contributed by atoms with E-state index >= 15 is 0 Å². The molecule has 0 aliphatic heterocycles. The molecule has 1 aromatic heterocycles. The number of carbonyl (C=O) groups excluding carboxylic acids is 1. The summed E-state index contributed by atoms with van der Waals surface area (Å²) in [6, 6.07) is 7.83. The average molecular weight is 234 g/mol. The van der Waals surface area contributed by atoms with Crippen LogP contribution in [-0.4, -0.2) is 22.9 Å². The molecule has 5 heteroatoms. The van der Waals surface area contributed by atoms with E-state index in [-0.39, 0.29) is 11.5 Å². The van der Waals surface area contributed by atoms with E-state index in [4.69, 9.17) is 0 Å². The van der Waals surface area contributed by atoms with Gasteiger partial charge in [0.1, 0.15) is 5.82 Å². The number of aromatic nitrogens is 2. The Morgan fingerprint density at radius 3 is 2.76 bits per heavy atom.